The Kier molecular flexibility index (Phi) is 6.05. The highest BCUT2D eigenvalue weighted by molar-refractivity contribution is 7.46. The average Bonchev–Trinajstić information content (AvgIpc) is 2.91. The van der Waals surface area contributed by atoms with Crippen LogP contribution in [0.15, 0.2) is 27.9 Å². The number of aromatic amines is 1. The molecule has 22 heavy (non-hydrogen) atoms. The molecule has 1 aromatic heterocycles. The van der Waals surface area contributed by atoms with Crippen molar-refractivity contribution in [3.63, 3.8) is 0 Å². The van der Waals surface area contributed by atoms with Gasteiger partial charge in [-0.3, -0.25) is 18.9 Å². The summed E-state index contributed by atoms with van der Waals surface area (Å²) in [6, 6.07) is 0. The van der Waals surface area contributed by atoms with Crippen LogP contribution < -0.4 is 11.2 Å². The van der Waals surface area contributed by atoms with Gasteiger partial charge in [-0.2, -0.15) is 0 Å². The highest BCUT2D eigenvalue weighted by Crippen LogP contribution is 2.36. The zero-order valence-corrected chi connectivity index (χ0v) is 12.5. The summed E-state index contributed by atoms with van der Waals surface area (Å²) in [5.41, 5.74) is -0.766. The van der Waals surface area contributed by atoms with Crippen LogP contribution in [-0.2, 0) is 13.8 Å². The van der Waals surface area contributed by atoms with Gasteiger partial charge in [0.1, 0.15) is 6.10 Å². The lowest BCUT2D eigenvalue weighted by molar-refractivity contribution is -0.0105. The van der Waals surface area contributed by atoms with Crippen LogP contribution >= 0.6 is 7.82 Å². The number of phosphoric acid groups is 1. The van der Waals surface area contributed by atoms with Crippen LogP contribution in [0.25, 0.3) is 0 Å². The largest absolute Gasteiger partial charge is 0.469 e. The molecule has 3 N–H and O–H groups in total. The van der Waals surface area contributed by atoms with Crippen molar-refractivity contribution in [3.05, 3.63) is 44.8 Å². The summed E-state index contributed by atoms with van der Waals surface area (Å²) in [6.45, 7) is 1.20. The van der Waals surface area contributed by atoms with Gasteiger partial charge in [-0.05, 0) is 13.0 Å². The van der Waals surface area contributed by atoms with Gasteiger partial charge in [0.25, 0.3) is 5.56 Å². The first-order chi connectivity index (χ1) is 10.3. The predicted molar refractivity (Wildman–Crippen MR) is 77.0 cm³/mol. The molecule has 1 aromatic rings. The van der Waals surface area contributed by atoms with E-state index in [2.05, 4.69) is 22.4 Å². The SMILES string of the molecule is C#C.Cc1cn([C@H]2C=CC(COP(=O)(O)O)O2)c(=O)[nH]c1=O. The third-order valence-corrected chi connectivity index (χ3v) is 3.12. The second kappa shape index (κ2) is 7.35. The molecule has 0 bridgehead atoms. The van der Waals surface area contributed by atoms with E-state index in [1.54, 1.807) is 6.92 Å². The number of nitrogens with zero attached hydrogens (tertiary/aromatic N) is 1. The third kappa shape index (κ3) is 4.80. The molecule has 2 atom stereocenters. The Balaban J connectivity index is 0.00000116. The van der Waals surface area contributed by atoms with Crippen LogP contribution in [0.4, 0.5) is 0 Å². The van der Waals surface area contributed by atoms with Crippen molar-refractivity contribution in [3.8, 4) is 12.8 Å². The maximum absolute atomic E-state index is 11.6. The van der Waals surface area contributed by atoms with E-state index in [4.69, 9.17) is 14.5 Å². The number of aromatic nitrogens is 2. The molecule has 0 aliphatic carbocycles. The lowest BCUT2D eigenvalue weighted by Gasteiger charge is -2.16. The molecule has 2 heterocycles. The van der Waals surface area contributed by atoms with Gasteiger partial charge >= 0.3 is 13.5 Å². The molecule has 2 rings (SSSR count). The molecule has 1 unspecified atom stereocenters. The molecule has 1 aliphatic rings. The fourth-order valence-corrected chi connectivity index (χ4v) is 2.03. The minimum atomic E-state index is -4.56. The summed E-state index contributed by atoms with van der Waals surface area (Å²) >= 11 is 0. The lowest BCUT2D eigenvalue weighted by atomic mass is 10.3. The first-order valence-corrected chi connectivity index (χ1v) is 7.48. The third-order valence-electron chi connectivity index (χ3n) is 2.63. The smallest absolute Gasteiger partial charge is 0.344 e. The molecule has 9 nitrogen and oxygen atoms in total. The summed E-state index contributed by atoms with van der Waals surface area (Å²) in [5, 5.41) is 0. The summed E-state index contributed by atoms with van der Waals surface area (Å²) in [7, 11) is -4.56. The van der Waals surface area contributed by atoms with Crippen molar-refractivity contribution in [2.45, 2.75) is 19.3 Å². The molecular formula is C12H15N2O7P. The van der Waals surface area contributed by atoms with E-state index in [0.717, 1.165) is 0 Å². The Morgan fingerprint density at radius 2 is 2.05 bits per heavy atom. The van der Waals surface area contributed by atoms with E-state index in [1.807, 2.05) is 0 Å². The van der Waals surface area contributed by atoms with Crippen molar-refractivity contribution >= 4 is 7.82 Å². The van der Waals surface area contributed by atoms with Gasteiger partial charge in [-0.1, -0.05) is 6.08 Å². The normalized spacial score (nSPS) is 20.4. The Hall–Kier alpha value is -1.95. The van der Waals surface area contributed by atoms with Crippen molar-refractivity contribution in [1.29, 1.82) is 0 Å². The van der Waals surface area contributed by atoms with Gasteiger partial charge in [0.05, 0.1) is 6.61 Å². The summed E-state index contributed by atoms with van der Waals surface area (Å²) in [4.78, 5) is 42.2. The molecule has 1 aliphatic heterocycles. The molecule has 0 amide bonds. The Labute approximate surface area is 125 Å². The summed E-state index contributed by atoms with van der Waals surface area (Å²) in [5.74, 6) is 0. The van der Waals surface area contributed by atoms with E-state index in [-0.39, 0.29) is 6.61 Å². The number of nitrogens with one attached hydrogen (secondary N) is 1. The topological polar surface area (TPSA) is 131 Å². The molecule has 0 saturated carbocycles. The molecule has 0 saturated heterocycles. The molecule has 0 spiro atoms. The Morgan fingerprint density at radius 1 is 1.41 bits per heavy atom. The van der Waals surface area contributed by atoms with E-state index >= 15 is 0 Å². The number of terminal acetylenes is 1. The van der Waals surface area contributed by atoms with Crippen LogP contribution in [0.1, 0.15) is 11.8 Å². The van der Waals surface area contributed by atoms with Crippen molar-refractivity contribution in [1.82, 2.24) is 9.55 Å². The highest BCUT2D eigenvalue weighted by Gasteiger charge is 2.25. The van der Waals surface area contributed by atoms with Gasteiger partial charge in [0.15, 0.2) is 6.23 Å². The van der Waals surface area contributed by atoms with E-state index in [1.165, 1.54) is 22.9 Å². The van der Waals surface area contributed by atoms with E-state index in [9.17, 15) is 14.2 Å². The molecular weight excluding hydrogens is 315 g/mol. The van der Waals surface area contributed by atoms with Crippen molar-refractivity contribution in [2.75, 3.05) is 6.61 Å². The first kappa shape index (κ1) is 18.1. The van der Waals surface area contributed by atoms with Gasteiger partial charge in [0.2, 0.25) is 0 Å². The van der Waals surface area contributed by atoms with Crippen LogP contribution in [0.5, 0.6) is 0 Å². The Bertz CT molecular complexity index is 727. The number of rotatable bonds is 4. The molecule has 0 radical (unpaired) electrons. The number of hydrogen-bond donors (Lipinski definition) is 3. The quantitative estimate of drug-likeness (QED) is 0.391. The van der Waals surface area contributed by atoms with Gasteiger partial charge < -0.3 is 14.5 Å². The van der Waals surface area contributed by atoms with Crippen LogP contribution in [-0.4, -0.2) is 32.0 Å². The van der Waals surface area contributed by atoms with E-state index in [0.29, 0.717) is 5.56 Å². The molecule has 0 aromatic carbocycles. The van der Waals surface area contributed by atoms with Gasteiger partial charge in [-0.15, -0.1) is 12.8 Å². The second-order valence-corrected chi connectivity index (χ2v) is 5.45. The maximum Gasteiger partial charge on any atom is 0.469 e. The monoisotopic (exact) mass is 330 g/mol. The van der Waals surface area contributed by atoms with Crippen LogP contribution in [0, 0.1) is 19.8 Å². The average molecular weight is 330 g/mol. The van der Waals surface area contributed by atoms with E-state index < -0.39 is 31.4 Å². The highest BCUT2D eigenvalue weighted by atomic mass is 31.2. The maximum atomic E-state index is 11.6. The number of ether oxygens (including phenoxy) is 1. The minimum Gasteiger partial charge on any atom is -0.344 e. The first-order valence-electron chi connectivity index (χ1n) is 5.95. The van der Waals surface area contributed by atoms with Gasteiger partial charge in [0, 0.05) is 11.8 Å². The summed E-state index contributed by atoms with van der Waals surface area (Å²) in [6.07, 6.45) is 11.0. The van der Waals surface area contributed by atoms with Gasteiger partial charge in [-0.25, -0.2) is 9.36 Å². The predicted octanol–water partition coefficient (Wildman–Crippen LogP) is -0.343. The minimum absolute atomic E-state index is 0.339. The Morgan fingerprint density at radius 3 is 2.64 bits per heavy atom. The number of phosphoric ester groups is 1. The zero-order chi connectivity index (χ0) is 16.9. The number of H-pyrrole nitrogens is 1. The second-order valence-electron chi connectivity index (χ2n) is 4.21. The van der Waals surface area contributed by atoms with Crippen LogP contribution in [0.3, 0.4) is 0 Å². The number of aryl methyl sites for hydroxylation is 1. The molecule has 120 valence electrons. The zero-order valence-electron chi connectivity index (χ0n) is 11.6. The van der Waals surface area contributed by atoms with Crippen molar-refractivity contribution < 1.29 is 23.6 Å². The fraction of sp³-hybridized carbons (Fsp3) is 0.333. The fourth-order valence-electron chi connectivity index (χ4n) is 1.69. The molecule has 0 fully saturated rings. The summed E-state index contributed by atoms with van der Waals surface area (Å²) < 4.78 is 21.4. The number of hydrogen-bond acceptors (Lipinski definition) is 5. The lowest BCUT2D eigenvalue weighted by Crippen LogP contribution is -2.33. The molecule has 10 heteroatoms. The van der Waals surface area contributed by atoms with Crippen LogP contribution in [0.2, 0.25) is 0 Å². The standard InChI is InChI=1S/C10H13N2O7P.C2H2/c1-6-4-12(10(14)11-9(6)13)8-3-2-7(19-8)5-18-20(15,16)17;1-2/h2-4,7-8H,5H2,1H3,(H,11,13,14)(H2,15,16,17);1-2H/t7?,8-;/m1./s1. The van der Waals surface area contributed by atoms with Crippen molar-refractivity contribution in [2.24, 2.45) is 0 Å².